The molecule has 0 aliphatic carbocycles. The van der Waals surface area contributed by atoms with E-state index in [4.69, 9.17) is 16.7 Å². The van der Waals surface area contributed by atoms with Gasteiger partial charge in [0.25, 0.3) is 5.91 Å². The quantitative estimate of drug-likeness (QED) is 0.860. The van der Waals surface area contributed by atoms with Gasteiger partial charge in [0.2, 0.25) is 0 Å². The minimum Gasteiger partial charge on any atom is -0.390 e. The highest BCUT2D eigenvalue weighted by molar-refractivity contribution is 6.32. The molecule has 0 fully saturated rings. The fourth-order valence-electron chi connectivity index (χ4n) is 1.46. The standard InChI is InChI=1S/C11H11ClN4O2/c1-13-11(18)10-8(6-17)14-16(15-10)9-5-3-2-4-7(9)12/h2-5,17H,6H2,1H3,(H,13,18). The number of aliphatic hydroxyl groups is 1. The highest BCUT2D eigenvalue weighted by atomic mass is 35.5. The molecule has 0 atom stereocenters. The molecule has 7 heteroatoms. The number of nitrogens with one attached hydrogen (secondary N) is 1. The number of hydrogen-bond acceptors (Lipinski definition) is 4. The molecule has 1 heterocycles. The molecule has 0 aliphatic rings. The number of amides is 1. The molecule has 1 aromatic heterocycles. The molecule has 0 unspecified atom stereocenters. The van der Waals surface area contributed by atoms with E-state index in [-0.39, 0.29) is 18.0 Å². The molecule has 0 bridgehead atoms. The average Bonchev–Trinajstić information content (AvgIpc) is 2.82. The molecule has 0 aliphatic heterocycles. The van der Waals surface area contributed by atoms with Crippen LogP contribution in [0.1, 0.15) is 16.2 Å². The Kier molecular flexibility index (Phi) is 3.59. The third-order valence-electron chi connectivity index (χ3n) is 2.34. The van der Waals surface area contributed by atoms with Crippen molar-refractivity contribution in [2.24, 2.45) is 0 Å². The summed E-state index contributed by atoms with van der Waals surface area (Å²) in [6.45, 7) is -0.368. The molecule has 0 saturated heterocycles. The summed E-state index contributed by atoms with van der Waals surface area (Å²) in [4.78, 5) is 12.8. The first-order valence-corrected chi connectivity index (χ1v) is 5.59. The topological polar surface area (TPSA) is 80.0 Å². The third kappa shape index (κ3) is 2.20. The molecule has 2 N–H and O–H groups in total. The predicted octanol–water partition coefficient (Wildman–Crippen LogP) is 0.773. The van der Waals surface area contributed by atoms with Crippen LogP contribution in [0, 0.1) is 0 Å². The minimum absolute atomic E-state index is 0.0833. The Morgan fingerprint density at radius 3 is 2.78 bits per heavy atom. The van der Waals surface area contributed by atoms with Crippen molar-refractivity contribution in [3.63, 3.8) is 0 Å². The number of benzene rings is 1. The van der Waals surface area contributed by atoms with Crippen molar-refractivity contribution < 1.29 is 9.90 Å². The molecule has 0 spiro atoms. The molecule has 2 aromatic rings. The summed E-state index contributed by atoms with van der Waals surface area (Å²) in [7, 11) is 1.48. The Labute approximate surface area is 108 Å². The van der Waals surface area contributed by atoms with Gasteiger partial charge in [-0.3, -0.25) is 4.79 Å². The zero-order valence-corrected chi connectivity index (χ0v) is 10.3. The largest absolute Gasteiger partial charge is 0.390 e. The summed E-state index contributed by atoms with van der Waals surface area (Å²) in [5.41, 5.74) is 0.832. The molecule has 1 aromatic carbocycles. The van der Waals surface area contributed by atoms with Gasteiger partial charge in [-0.1, -0.05) is 23.7 Å². The molecule has 2 rings (SSSR count). The van der Waals surface area contributed by atoms with Gasteiger partial charge in [0.15, 0.2) is 5.69 Å². The summed E-state index contributed by atoms with van der Waals surface area (Å²) in [5.74, 6) is -0.405. The van der Waals surface area contributed by atoms with E-state index in [0.29, 0.717) is 10.7 Å². The van der Waals surface area contributed by atoms with E-state index in [1.807, 2.05) is 0 Å². The number of aromatic nitrogens is 3. The number of halogens is 1. The van der Waals surface area contributed by atoms with Crippen molar-refractivity contribution in [3.05, 3.63) is 40.7 Å². The SMILES string of the molecule is CNC(=O)c1nn(-c2ccccc2Cl)nc1CO. The highest BCUT2D eigenvalue weighted by Gasteiger charge is 2.18. The molecular formula is C11H11ClN4O2. The van der Waals surface area contributed by atoms with Crippen LogP contribution < -0.4 is 5.32 Å². The maximum Gasteiger partial charge on any atom is 0.273 e. The molecule has 94 valence electrons. The fourth-order valence-corrected chi connectivity index (χ4v) is 1.67. The van der Waals surface area contributed by atoms with Gasteiger partial charge < -0.3 is 10.4 Å². The summed E-state index contributed by atoms with van der Waals surface area (Å²) in [6.07, 6.45) is 0. The maximum atomic E-state index is 11.6. The Hall–Kier alpha value is -1.92. The van der Waals surface area contributed by atoms with Crippen LogP contribution in [0.5, 0.6) is 0 Å². The normalized spacial score (nSPS) is 10.4. The van der Waals surface area contributed by atoms with Crippen LogP contribution in [-0.4, -0.2) is 33.1 Å². The molecule has 0 radical (unpaired) electrons. The number of para-hydroxylation sites is 1. The number of carbonyl (C=O) groups is 1. The number of aliphatic hydroxyl groups excluding tert-OH is 1. The van der Waals surface area contributed by atoms with Crippen molar-refractivity contribution >= 4 is 17.5 Å². The van der Waals surface area contributed by atoms with Gasteiger partial charge in [-0.05, 0) is 12.1 Å². The molecule has 6 nitrogen and oxygen atoms in total. The van der Waals surface area contributed by atoms with E-state index in [2.05, 4.69) is 15.5 Å². The van der Waals surface area contributed by atoms with E-state index < -0.39 is 5.91 Å². The van der Waals surface area contributed by atoms with Gasteiger partial charge in [-0.2, -0.15) is 0 Å². The predicted molar refractivity (Wildman–Crippen MR) is 65.7 cm³/mol. The third-order valence-corrected chi connectivity index (χ3v) is 2.66. The van der Waals surface area contributed by atoms with E-state index in [1.54, 1.807) is 24.3 Å². The van der Waals surface area contributed by atoms with Gasteiger partial charge in [0.05, 0.1) is 11.6 Å². The number of hydrogen-bond donors (Lipinski definition) is 2. The van der Waals surface area contributed by atoms with Gasteiger partial charge in [-0.25, -0.2) is 0 Å². The highest BCUT2D eigenvalue weighted by Crippen LogP contribution is 2.19. The molecule has 1 amide bonds. The zero-order valence-electron chi connectivity index (χ0n) is 9.59. The van der Waals surface area contributed by atoms with Crippen LogP contribution in [0.2, 0.25) is 5.02 Å². The van der Waals surface area contributed by atoms with Gasteiger partial charge in [-0.15, -0.1) is 15.0 Å². The first-order valence-electron chi connectivity index (χ1n) is 5.21. The second-order valence-corrected chi connectivity index (χ2v) is 3.88. The van der Waals surface area contributed by atoms with E-state index in [9.17, 15) is 4.79 Å². The van der Waals surface area contributed by atoms with E-state index in [0.717, 1.165) is 0 Å². The van der Waals surface area contributed by atoms with Crippen LogP contribution in [0.3, 0.4) is 0 Å². The van der Waals surface area contributed by atoms with Crippen molar-refractivity contribution in [1.29, 1.82) is 0 Å². The second kappa shape index (κ2) is 5.16. The average molecular weight is 267 g/mol. The van der Waals surface area contributed by atoms with E-state index in [1.165, 1.54) is 11.8 Å². The summed E-state index contributed by atoms with van der Waals surface area (Å²) < 4.78 is 0. The van der Waals surface area contributed by atoms with Crippen molar-refractivity contribution in [3.8, 4) is 5.69 Å². The lowest BCUT2D eigenvalue weighted by Gasteiger charge is -2.00. The van der Waals surface area contributed by atoms with Crippen LogP contribution in [-0.2, 0) is 6.61 Å². The summed E-state index contributed by atoms with van der Waals surface area (Å²) in [5, 5.41) is 20.1. The van der Waals surface area contributed by atoms with Crippen LogP contribution >= 0.6 is 11.6 Å². The Bertz CT molecular complexity index is 582. The Morgan fingerprint density at radius 1 is 1.44 bits per heavy atom. The number of carbonyl (C=O) groups excluding carboxylic acids is 1. The lowest BCUT2D eigenvalue weighted by Crippen LogP contribution is -2.20. The lowest BCUT2D eigenvalue weighted by molar-refractivity contribution is 0.0954. The monoisotopic (exact) mass is 266 g/mol. The van der Waals surface area contributed by atoms with Gasteiger partial charge >= 0.3 is 0 Å². The first-order chi connectivity index (χ1) is 8.67. The van der Waals surface area contributed by atoms with Crippen molar-refractivity contribution in [2.45, 2.75) is 6.61 Å². The van der Waals surface area contributed by atoms with Crippen molar-refractivity contribution in [1.82, 2.24) is 20.3 Å². The van der Waals surface area contributed by atoms with E-state index >= 15 is 0 Å². The molecule has 0 saturated carbocycles. The minimum atomic E-state index is -0.405. The van der Waals surface area contributed by atoms with Crippen LogP contribution in [0.25, 0.3) is 5.69 Å². The summed E-state index contributed by atoms with van der Waals surface area (Å²) in [6, 6.07) is 6.97. The summed E-state index contributed by atoms with van der Waals surface area (Å²) >= 11 is 6.01. The smallest absolute Gasteiger partial charge is 0.273 e. The Morgan fingerprint density at radius 2 is 2.17 bits per heavy atom. The number of rotatable bonds is 3. The van der Waals surface area contributed by atoms with Crippen LogP contribution in [0.15, 0.2) is 24.3 Å². The van der Waals surface area contributed by atoms with Gasteiger partial charge in [0, 0.05) is 7.05 Å². The Balaban J connectivity index is 2.51. The van der Waals surface area contributed by atoms with Crippen molar-refractivity contribution in [2.75, 3.05) is 7.05 Å². The molecular weight excluding hydrogens is 256 g/mol. The number of nitrogens with zero attached hydrogens (tertiary/aromatic N) is 3. The zero-order chi connectivity index (χ0) is 13.1. The van der Waals surface area contributed by atoms with Crippen LogP contribution in [0.4, 0.5) is 0 Å². The second-order valence-electron chi connectivity index (χ2n) is 3.47. The van der Waals surface area contributed by atoms with Gasteiger partial charge in [0.1, 0.15) is 11.4 Å². The maximum absolute atomic E-state index is 11.6. The lowest BCUT2D eigenvalue weighted by atomic mass is 10.3. The first kappa shape index (κ1) is 12.5. The fraction of sp³-hybridized carbons (Fsp3) is 0.182. The molecule has 18 heavy (non-hydrogen) atoms.